The van der Waals surface area contributed by atoms with Crippen LogP contribution in [-0.2, 0) is 26.2 Å². The molecule has 0 aromatic heterocycles. The van der Waals surface area contributed by atoms with Gasteiger partial charge in [0.15, 0.2) is 0 Å². The van der Waals surface area contributed by atoms with Gasteiger partial charge in [0.25, 0.3) is 0 Å². The fourth-order valence-electron chi connectivity index (χ4n) is 5.46. The van der Waals surface area contributed by atoms with Gasteiger partial charge in [0, 0.05) is 34.7 Å². The quantitative estimate of drug-likeness (QED) is 0.286. The van der Waals surface area contributed by atoms with Gasteiger partial charge in [-0.2, -0.15) is 0 Å². The SMILES string of the molecule is Oc1c2cccc1CN1C=CC(=NCc3ccc(cc3)CN=C3C=CN(C2)c2ccccc23)c2ccccc21. The van der Waals surface area contributed by atoms with E-state index in [4.69, 9.17) is 9.98 Å². The highest BCUT2D eigenvalue weighted by molar-refractivity contribution is 6.14. The average Bonchev–Trinajstić information content (AvgIpc) is 2.98. The van der Waals surface area contributed by atoms with E-state index in [1.54, 1.807) is 0 Å². The maximum absolute atomic E-state index is 11.4. The molecule has 0 amide bonds. The Morgan fingerprint density at radius 3 is 1.49 bits per heavy atom. The van der Waals surface area contributed by atoms with Gasteiger partial charge >= 0.3 is 0 Å². The number of rotatable bonds is 0. The first-order chi connectivity index (χ1) is 19.2. The Morgan fingerprint density at radius 2 is 1.00 bits per heavy atom. The summed E-state index contributed by atoms with van der Waals surface area (Å²) in [6.07, 6.45) is 8.29. The van der Waals surface area contributed by atoms with Crippen LogP contribution in [0.1, 0.15) is 33.4 Å². The van der Waals surface area contributed by atoms with Crippen molar-refractivity contribution in [1.29, 1.82) is 0 Å². The number of hydrogen-bond donors (Lipinski definition) is 1. The molecule has 5 heterocycles. The van der Waals surface area contributed by atoms with Crippen molar-refractivity contribution in [3.8, 4) is 5.75 Å². The molecule has 9 rings (SSSR count). The van der Waals surface area contributed by atoms with E-state index in [9.17, 15) is 5.11 Å². The molecular formula is C34H28N4O. The number of phenols is 1. The summed E-state index contributed by atoms with van der Waals surface area (Å²) in [5.41, 5.74) is 10.4. The van der Waals surface area contributed by atoms with Crippen LogP contribution in [-0.4, -0.2) is 16.5 Å². The minimum absolute atomic E-state index is 0.334. The van der Waals surface area contributed by atoms with Gasteiger partial charge in [-0.3, -0.25) is 9.98 Å². The lowest BCUT2D eigenvalue weighted by atomic mass is 10.0. The Balaban J connectivity index is 1.34. The maximum Gasteiger partial charge on any atom is 0.125 e. The lowest BCUT2D eigenvalue weighted by molar-refractivity contribution is 0.461. The number of benzene rings is 4. The van der Waals surface area contributed by atoms with Crippen molar-refractivity contribution in [3.05, 3.63) is 149 Å². The van der Waals surface area contributed by atoms with E-state index < -0.39 is 0 Å². The van der Waals surface area contributed by atoms with Crippen LogP contribution < -0.4 is 9.80 Å². The molecule has 1 N–H and O–H groups in total. The number of hydrogen-bond acceptors (Lipinski definition) is 5. The summed E-state index contributed by atoms with van der Waals surface area (Å²) in [5, 5.41) is 11.4. The molecule has 0 spiro atoms. The lowest BCUT2D eigenvalue weighted by Crippen LogP contribution is -2.24. The predicted molar refractivity (Wildman–Crippen MR) is 159 cm³/mol. The number of anilines is 2. The number of para-hydroxylation sites is 3. The highest BCUT2D eigenvalue weighted by Crippen LogP contribution is 2.34. The van der Waals surface area contributed by atoms with Crippen LogP contribution in [0.15, 0.2) is 126 Å². The summed E-state index contributed by atoms with van der Waals surface area (Å²) < 4.78 is 0. The molecule has 0 radical (unpaired) electrons. The summed E-state index contributed by atoms with van der Waals surface area (Å²) in [5.74, 6) is 0.334. The van der Waals surface area contributed by atoms with Gasteiger partial charge < -0.3 is 14.9 Å². The third kappa shape index (κ3) is 4.42. The van der Waals surface area contributed by atoms with Crippen molar-refractivity contribution in [3.63, 3.8) is 0 Å². The standard InChI is InChI=1S/C34H28N4O/c39-34-26-6-5-7-27(34)23-38-19-17-31(29-9-2-4-11-33(29)38)36-21-25-14-12-24(13-15-25)20-35-30-16-18-37(22-26)32-10-3-1-8-28(30)32/h1-19,39H,20-23H2. The van der Waals surface area contributed by atoms with E-state index in [0.717, 1.165) is 45.1 Å². The topological polar surface area (TPSA) is 51.4 Å². The summed E-state index contributed by atoms with van der Waals surface area (Å²) in [6, 6.07) is 31.3. The Kier molecular flexibility index (Phi) is 5.82. The smallest absolute Gasteiger partial charge is 0.125 e. The second-order valence-electron chi connectivity index (χ2n) is 10.1. The lowest BCUT2D eigenvalue weighted by Gasteiger charge is -2.29. The minimum atomic E-state index is 0.334. The van der Waals surface area contributed by atoms with Crippen molar-refractivity contribution in [2.24, 2.45) is 9.98 Å². The number of aromatic hydroxyl groups is 1. The molecule has 0 saturated heterocycles. The van der Waals surface area contributed by atoms with Crippen LogP contribution in [0.2, 0.25) is 0 Å². The zero-order valence-corrected chi connectivity index (χ0v) is 21.5. The highest BCUT2D eigenvalue weighted by atomic mass is 16.3. The van der Waals surface area contributed by atoms with Gasteiger partial charge in [0.2, 0.25) is 0 Å². The van der Waals surface area contributed by atoms with Crippen molar-refractivity contribution in [2.45, 2.75) is 26.2 Å². The highest BCUT2D eigenvalue weighted by Gasteiger charge is 2.21. The summed E-state index contributed by atoms with van der Waals surface area (Å²) >= 11 is 0. The summed E-state index contributed by atoms with van der Waals surface area (Å²) in [6.45, 7) is 2.34. The van der Waals surface area contributed by atoms with Crippen LogP contribution in [0.25, 0.3) is 0 Å². The zero-order chi connectivity index (χ0) is 26.2. The van der Waals surface area contributed by atoms with Crippen LogP contribution in [0.4, 0.5) is 11.4 Å². The van der Waals surface area contributed by atoms with E-state index >= 15 is 0 Å². The molecule has 0 aliphatic carbocycles. The van der Waals surface area contributed by atoms with Crippen molar-refractivity contribution < 1.29 is 5.11 Å². The number of allylic oxidation sites excluding steroid dienone is 2. The first-order valence-electron chi connectivity index (χ1n) is 13.3. The molecule has 0 fully saturated rings. The van der Waals surface area contributed by atoms with Crippen molar-refractivity contribution in [2.75, 3.05) is 9.80 Å². The summed E-state index contributed by atoms with van der Waals surface area (Å²) in [4.78, 5) is 14.3. The van der Waals surface area contributed by atoms with Crippen LogP contribution >= 0.6 is 0 Å². The number of nitrogens with zero attached hydrogens (tertiary/aromatic N) is 4. The Bertz CT molecular complexity index is 1560. The van der Waals surface area contributed by atoms with Gasteiger partial charge in [0.05, 0.1) is 49.0 Å². The Hall–Kier alpha value is -4.90. The summed E-state index contributed by atoms with van der Waals surface area (Å²) in [7, 11) is 0. The number of aliphatic imine (C=N–C) groups is 2. The molecule has 4 aromatic carbocycles. The Morgan fingerprint density at radius 1 is 0.538 bits per heavy atom. The second kappa shape index (κ2) is 9.76. The first-order valence-corrected chi connectivity index (χ1v) is 13.3. The fraction of sp³-hybridized carbons (Fsp3) is 0.118. The van der Waals surface area contributed by atoms with E-state index in [1.807, 2.05) is 18.2 Å². The normalized spacial score (nSPS) is 15.9. The third-order valence-corrected chi connectivity index (χ3v) is 7.58. The molecule has 39 heavy (non-hydrogen) atoms. The molecule has 190 valence electrons. The third-order valence-electron chi connectivity index (χ3n) is 7.58. The molecular weight excluding hydrogens is 480 g/mol. The van der Waals surface area contributed by atoms with Crippen LogP contribution in [0.5, 0.6) is 5.75 Å². The van der Waals surface area contributed by atoms with Crippen LogP contribution in [0, 0.1) is 0 Å². The van der Waals surface area contributed by atoms with Crippen LogP contribution in [0.3, 0.4) is 0 Å². The van der Waals surface area contributed by atoms with E-state index in [0.29, 0.717) is 31.9 Å². The molecule has 0 unspecified atom stereocenters. The first kappa shape index (κ1) is 23.2. The largest absolute Gasteiger partial charge is 0.507 e. The molecule has 0 saturated carbocycles. The second-order valence-corrected chi connectivity index (χ2v) is 10.1. The van der Waals surface area contributed by atoms with Gasteiger partial charge in [-0.25, -0.2) is 0 Å². The van der Waals surface area contributed by atoms with Gasteiger partial charge in [-0.05, 0) is 35.4 Å². The number of fused-ring (bicyclic) bond motifs is 2. The Labute approximate surface area is 228 Å². The molecule has 5 aliphatic rings. The van der Waals surface area contributed by atoms with Crippen molar-refractivity contribution >= 4 is 22.8 Å². The molecule has 5 nitrogen and oxygen atoms in total. The van der Waals surface area contributed by atoms with Gasteiger partial charge in [-0.1, -0.05) is 78.9 Å². The van der Waals surface area contributed by atoms with Crippen molar-refractivity contribution in [1.82, 2.24) is 0 Å². The predicted octanol–water partition coefficient (Wildman–Crippen LogP) is 6.75. The molecule has 5 heteroatoms. The molecule has 0 atom stereocenters. The molecule has 8 bridgehead atoms. The van der Waals surface area contributed by atoms with Gasteiger partial charge in [0.1, 0.15) is 5.75 Å². The zero-order valence-electron chi connectivity index (χ0n) is 21.5. The average molecular weight is 509 g/mol. The minimum Gasteiger partial charge on any atom is -0.507 e. The van der Waals surface area contributed by atoms with E-state index in [1.165, 1.54) is 11.1 Å². The molecule has 5 aliphatic heterocycles. The number of phenolic OH excluding ortho intramolecular Hbond substituents is 1. The maximum atomic E-state index is 11.4. The van der Waals surface area contributed by atoms with Gasteiger partial charge in [-0.15, -0.1) is 0 Å². The molecule has 4 aromatic rings. The monoisotopic (exact) mass is 508 g/mol. The fourth-order valence-corrected chi connectivity index (χ4v) is 5.46. The van der Waals surface area contributed by atoms with E-state index in [2.05, 4.69) is 107 Å². The van der Waals surface area contributed by atoms with E-state index in [-0.39, 0.29) is 0 Å².